The molecule has 5 nitrogen and oxygen atoms in total. The molecular weight excluding hydrogens is 667 g/mol. The highest BCUT2D eigenvalue weighted by atomic mass is 16.3. The topological polar surface area (TPSA) is 89.8 Å². The molecule has 54 heavy (non-hydrogen) atoms. The SMILES string of the molecule is CCCCCCCCCCCCC/C=C/CC/C=C/CC/C=C/C(O)C(CO)NC(=O)C(O)CCCCCCCCCCCCCCCCCCCCC. The zero-order valence-electron chi connectivity index (χ0n) is 36.1. The summed E-state index contributed by atoms with van der Waals surface area (Å²) in [6.45, 7) is 4.18. The van der Waals surface area contributed by atoms with Crippen molar-refractivity contribution >= 4 is 5.91 Å². The van der Waals surface area contributed by atoms with Crippen molar-refractivity contribution in [1.82, 2.24) is 5.32 Å². The van der Waals surface area contributed by atoms with Gasteiger partial charge in [0.2, 0.25) is 5.91 Å². The molecule has 0 radical (unpaired) electrons. The zero-order chi connectivity index (χ0) is 39.4. The normalized spacial score (nSPS) is 13.8. The maximum Gasteiger partial charge on any atom is 0.249 e. The first kappa shape index (κ1) is 52.6. The third-order valence-corrected chi connectivity index (χ3v) is 11.0. The van der Waals surface area contributed by atoms with Crippen LogP contribution in [0.15, 0.2) is 36.5 Å². The van der Waals surface area contributed by atoms with Crippen LogP contribution in [-0.4, -0.2) is 46.1 Å². The quantitative estimate of drug-likeness (QED) is 0.0368. The molecule has 3 unspecified atom stereocenters. The third kappa shape index (κ3) is 38.8. The maximum absolute atomic E-state index is 12.5. The smallest absolute Gasteiger partial charge is 0.249 e. The number of rotatable bonds is 43. The van der Waals surface area contributed by atoms with Crippen LogP contribution >= 0.6 is 0 Å². The first-order valence-electron chi connectivity index (χ1n) is 23.8. The van der Waals surface area contributed by atoms with E-state index >= 15 is 0 Å². The summed E-state index contributed by atoms with van der Waals surface area (Å²) in [5.41, 5.74) is 0. The van der Waals surface area contributed by atoms with Gasteiger partial charge in [0.1, 0.15) is 6.10 Å². The third-order valence-electron chi connectivity index (χ3n) is 11.0. The van der Waals surface area contributed by atoms with Gasteiger partial charge in [-0.15, -0.1) is 0 Å². The molecule has 0 saturated carbocycles. The van der Waals surface area contributed by atoms with Gasteiger partial charge >= 0.3 is 0 Å². The molecule has 0 saturated heterocycles. The van der Waals surface area contributed by atoms with Crippen LogP contribution in [-0.2, 0) is 4.79 Å². The van der Waals surface area contributed by atoms with Gasteiger partial charge in [0, 0.05) is 0 Å². The Morgan fingerprint density at radius 2 is 0.759 bits per heavy atom. The van der Waals surface area contributed by atoms with Gasteiger partial charge in [0.05, 0.1) is 18.8 Å². The predicted molar refractivity (Wildman–Crippen MR) is 236 cm³/mol. The van der Waals surface area contributed by atoms with Crippen molar-refractivity contribution in [2.45, 2.75) is 263 Å². The summed E-state index contributed by atoms with van der Waals surface area (Å²) in [6.07, 6.45) is 56.2. The number of nitrogens with one attached hydrogen (secondary N) is 1. The van der Waals surface area contributed by atoms with Crippen LogP contribution in [0.1, 0.15) is 245 Å². The van der Waals surface area contributed by atoms with E-state index in [2.05, 4.69) is 43.5 Å². The molecule has 318 valence electrons. The lowest BCUT2D eigenvalue weighted by molar-refractivity contribution is -0.131. The van der Waals surface area contributed by atoms with E-state index in [0.29, 0.717) is 6.42 Å². The minimum Gasteiger partial charge on any atom is -0.394 e. The largest absolute Gasteiger partial charge is 0.394 e. The van der Waals surface area contributed by atoms with Gasteiger partial charge in [0.25, 0.3) is 0 Å². The number of hydrogen-bond donors (Lipinski definition) is 4. The molecule has 3 atom stereocenters. The summed E-state index contributed by atoms with van der Waals surface area (Å²) in [6, 6.07) is -0.819. The van der Waals surface area contributed by atoms with Gasteiger partial charge in [-0.2, -0.15) is 0 Å². The molecule has 0 fully saturated rings. The molecule has 0 rings (SSSR count). The second-order valence-electron chi connectivity index (χ2n) is 16.3. The van der Waals surface area contributed by atoms with Crippen molar-refractivity contribution in [2.24, 2.45) is 0 Å². The Balaban J connectivity index is 3.70. The number of carbonyl (C=O) groups excluding carboxylic acids is 1. The summed E-state index contributed by atoms with van der Waals surface area (Å²) in [4.78, 5) is 12.5. The molecule has 0 aliphatic carbocycles. The lowest BCUT2D eigenvalue weighted by Crippen LogP contribution is -2.48. The van der Waals surface area contributed by atoms with Crippen molar-refractivity contribution in [3.05, 3.63) is 36.5 Å². The Bertz CT molecular complexity index is 840. The lowest BCUT2D eigenvalue weighted by Gasteiger charge is -2.21. The summed E-state index contributed by atoms with van der Waals surface area (Å²) >= 11 is 0. The Morgan fingerprint density at radius 3 is 1.13 bits per heavy atom. The second-order valence-corrected chi connectivity index (χ2v) is 16.3. The highest BCUT2D eigenvalue weighted by Gasteiger charge is 2.22. The van der Waals surface area contributed by atoms with Crippen molar-refractivity contribution in [3.63, 3.8) is 0 Å². The molecule has 1 amide bonds. The van der Waals surface area contributed by atoms with E-state index in [1.807, 2.05) is 6.08 Å². The summed E-state index contributed by atoms with van der Waals surface area (Å²) in [5.74, 6) is -0.514. The molecule has 0 aromatic heterocycles. The fraction of sp³-hybridized carbons (Fsp3) is 0.857. The van der Waals surface area contributed by atoms with E-state index in [-0.39, 0.29) is 6.61 Å². The molecule has 0 aromatic rings. The fourth-order valence-electron chi connectivity index (χ4n) is 7.22. The molecule has 0 aromatic carbocycles. The van der Waals surface area contributed by atoms with E-state index in [9.17, 15) is 20.1 Å². The van der Waals surface area contributed by atoms with Crippen molar-refractivity contribution in [2.75, 3.05) is 6.61 Å². The van der Waals surface area contributed by atoms with Crippen LogP contribution < -0.4 is 5.32 Å². The van der Waals surface area contributed by atoms with E-state index in [1.54, 1.807) is 6.08 Å². The fourth-order valence-corrected chi connectivity index (χ4v) is 7.22. The number of aliphatic hydroxyl groups is 3. The van der Waals surface area contributed by atoms with Crippen LogP contribution in [0.2, 0.25) is 0 Å². The Labute approximate surface area is 336 Å². The van der Waals surface area contributed by atoms with Crippen molar-refractivity contribution in [3.8, 4) is 0 Å². The summed E-state index contributed by atoms with van der Waals surface area (Å²) in [7, 11) is 0. The molecule has 0 bridgehead atoms. The predicted octanol–water partition coefficient (Wildman–Crippen LogP) is 13.9. The average Bonchev–Trinajstić information content (AvgIpc) is 3.18. The molecule has 5 heteroatoms. The van der Waals surface area contributed by atoms with Gasteiger partial charge < -0.3 is 20.6 Å². The van der Waals surface area contributed by atoms with Gasteiger partial charge in [-0.3, -0.25) is 4.79 Å². The lowest BCUT2D eigenvalue weighted by atomic mass is 10.0. The van der Waals surface area contributed by atoms with Crippen LogP contribution in [0.4, 0.5) is 0 Å². The number of unbranched alkanes of at least 4 members (excludes halogenated alkanes) is 31. The highest BCUT2D eigenvalue weighted by Crippen LogP contribution is 2.16. The highest BCUT2D eigenvalue weighted by molar-refractivity contribution is 5.80. The van der Waals surface area contributed by atoms with Gasteiger partial charge in [0.15, 0.2) is 0 Å². The monoisotopic (exact) mass is 760 g/mol. The standard InChI is InChI=1S/C49H93NO4/c1-3-5-7-9-11-13-15-17-19-21-23-24-26-27-29-31-33-35-37-39-41-43-47(52)46(45-51)50-49(54)48(53)44-42-40-38-36-34-32-30-28-25-22-20-18-16-14-12-10-8-6-4-2/h26-27,33,35,41,43,46-48,51-53H,3-25,28-32,34,36-40,42,44-45H2,1-2H3,(H,50,54)/b27-26+,35-33+,43-41+. The molecule has 0 spiro atoms. The van der Waals surface area contributed by atoms with E-state index < -0.39 is 24.2 Å². The van der Waals surface area contributed by atoms with Crippen molar-refractivity contribution in [1.29, 1.82) is 0 Å². The molecule has 0 aliphatic heterocycles. The number of allylic oxidation sites excluding steroid dienone is 5. The molecule has 4 N–H and O–H groups in total. The van der Waals surface area contributed by atoms with E-state index in [1.165, 1.54) is 180 Å². The van der Waals surface area contributed by atoms with Crippen molar-refractivity contribution < 1.29 is 20.1 Å². The second kappa shape index (κ2) is 44.3. The van der Waals surface area contributed by atoms with Gasteiger partial charge in [-0.25, -0.2) is 0 Å². The Kier molecular flexibility index (Phi) is 43.1. The van der Waals surface area contributed by atoms with Gasteiger partial charge in [-0.1, -0.05) is 237 Å². The van der Waals surface area contributed by atoms with Crippen LogP contribution in [0.3, 0.4) is 0 Å². The minimum atomic E-state index is -1.11. The maximum atomic E-state index is 12.5. The number of amides is 1. The van der Waals surface area contributed by atoms with Crippen LogP contribution in [0.5, 0.6) is 0 Å². The Morgan fingerprint density at radius 1 is 0.444 bits per heavy atom. The zero-order valence-corrected chi connectivity index (χ0v) is 36.1. The molecular formula is C49H93NO4. The van der Waals surface area contributed by atoms with E-state index in [4.69, 9.17) is 0 Å². The number of aliphatic hydroxyl groups excluding tert-OH is 3. The minimum absolute atomic E-state index is 0.379. The summed E-state index contributed by atoms with van der Waals surface area (Å²) < 4.78 is 0. The number of hydrogen-bond acceptors (Lipinski definition) is 4. The Hall–Kier alpha value is -1.43. The molecule has 0 aliphatic rings. The first-order chi connectivity index (χ1) is 26.6. The molecule has 0 heterocycles. The van der Waals surface area contributed by atoms with Crippen LogP contribution in [0, 0.1) is 0 Å². The first-order valence-corrected chi connectivity index (χ1v) is 23.8. The average molecular weight is 760 g/mol. The van der Waals surface area contributed by atoms with Gasteiger partial charge in [-0.05, 0) is 44.9 Å². The summed E-state index contributed by atoms with van der Waals surface area (Å²) in [5, 5.41) is 33.2. The number of carbonyl (C=O) groups is 1. The van der Waals surface area contributed by atoms with Crippen LogP contribution in [0.25, 0.3) is 0 Å². The van der Waals surface area contributed by atoms with E-state index in [0.717, 1.165) is 44.9 Å².